The number of rotatable bonds is 1. The molecule has 0 N–H and O–H groups in total. The maximum Gasteiger partial charge on any atom is 0.138 e. The zero-order valence-corrected chi connectivity index (χ0v) is 6.24. The molecule has 1 heterocycles. The molecule has 9 heavy (non-hydrogen) atoms. The van der Waals surface area contributed by atoms with E-state index in [2.05, 4.69) is 10.2 Å². The van der Waals surface area contributed by atoms with Gasteiger partial charge in [-0.3, -0.25) is 0 Å². The average Bonchev–Trinajstić information content (AvgIpc) is 2.46. The molecule has 0 radical (unpaired) electrons. The van der Waals surface area contributed by atoms with Crippen molar-refractivity contribution >= 4 is 22.9 Å². The van der Waals surface area contributed by atoms with E-state index in [-0.39, 0.29) is 4.87 Å². The first-order valence-electron chi connectivity index (χ1n) is 2.77. The van der Waals surface area contributed by atoms with Gasteiger partial charge in [-0.05, 0) is 12.8 Å². The van der Waals surface area contributed by atoms with Crippen molar-refractivity contribution in [3.8, 4) is 0 Å². The van der Waals surface area contributed by atoms with Crippen LogP contribution in [0.25, 0.3) is 0 Å². The van der Waals surface area contributed by atoms with Crippen LogP contribution < -0.4 is 0 Å². The van der Waals surface area contributed by atoms with E-state index < -0.39 is 0 Å². The van der Waals surface area contributed by atoms with E-state index >= 15 is 0 Å². The van der Waals surface area contributed by atoms with Crippen LogP contribution in [0, 0.1) is 0 Å². The smallest absolute Gasteiger partial charge is 0.138 e. The molecule has 0 aliphatic heterocycles. The third kappa shape index (κ3) is 0.843. The highest BCUT2D eigenvalue weighted by molar-refractivity contribution is 7.09. The predicted octanol–water partition coefficient (Wildman–Crippen LogP) is 1.77. The molecule has 4 heteroatoms. The Kier molecular flexibility index (Phi) is 1.04. The number of nitrogens with zero attached hydrogens (tertiary/aromatic N) is 2. The van der Waals surface area contributed by atoms with Gasteiger partial charge in [-0.25, -0.2) is 0 Å². The average molecular weight is 161 g/mol. The van der Waals surface area contributed by atoms with Crippen LogP contribution in [0.3, 0.4) is 0 Å². The van der Waals surface area contributed by atoms with Gasteiger partial charge in [0.2, 0.25) is 0 Å². The van der Waals surface area contributed by atoms with Gasteiger partial charge in [0, 0.05) is 0 Å². The fourth-order valence-electron chi connectivity index (χ4n) is 0.692. The molecule has 1 fully saturated rings. The Bertz CT molecular complexity index is 205. The van der Waals surface area contributed by atoms with E-state index in [1.165, 1.54) is 11.3 Å². The minimum Gasteiger partial charge on any atom is -0.147 e. The van der Waals surface area contributed by atoms with Gasteiger partial charge in [-0.2, -0.15) is 0 Å². The molecular weight excluding hydrogens is 156 g/mol. The molecule has 0 aromatic carbocycles. The first kappa shape index (κ1) is 5.62. The first-order valence-corrected chi connectivity index (χ1v) is 4.03. The third-order valence-electron chi connectivity index (χ3n) is 1.43. The van der Waals surface area contributed by atoms with Crippen molar-refractivity contribution in [1.29, 1.82) is 0 Å². The van der Waals surface area contributed by atoms with E-state index in [9.17, 15) is 0 Å². The van der Waals surface area contributed by atoms with E-state index in [1.807, 2.05) is 0 Å². The Morgan fingerprint density at radius 1 is 1.67 bits per heavy atom. The molecule has 1 aliphatic rings. The summed E-state index contributed by atoms with van der Waals surface area (Å²) in [7, 11) is 0. The molecular formula is C5H5ClN2S. The van der Waals surface area contributed by atoms with Gasteiger partial charge in [0.05, 0.1) is 4.87 Å². The Labute approximate surface area is 61.9 Å². The van der Waals surface area contributed by atoms with Crippen molar-refractivity contribution in [2.45, 2.75) is 17.7 Å². The number of hydrogen-bond acceptors (Lipinski definition) is 3. The summed E-state index contributed by atoms with van der Waals surface area (Å²) >= 11 is 7.56. The lowest BCUT2D eigenvalue weighted by Crippen LogP contribution is -1.93. The molecule has 1 saturated carbocycles. The Balaban J connectivity index is 2.34. The summed E-state index contributed by atoms with van der Waals surface area (Å²) in [6.07, 6.45) is 2.12. The minimum atomic E-state index is -0.110. The number of aromatic nitrogens is 2. The number of hydrogen-bond donors (Lipinski definition) is 0. The van der Waals surface area contributed by atoms with E-state index in [1.54, 1.807) is 5.51 Å². The quantitative estimate of drug-likeness (QED) is 0.586. The van der Waals surface area contributed by atoms with Crippen LogP contribution in [-0.2, 0) is 4.87 Å². The van der Waals surface area contributed by atoms with Crippen molar-refractivity contribution in [1.82, 2.24) is 10.2 Å². The fraction of sp³-hybridized carbons (Fsp3) is 0.600. The topological polar surface area (TPSA) is 25.8 Å². The molecule has 1 aromatic heterocycles. The third-order valence-corrected chi connectivity index (χ3v) is 3.00. The number of halogens is 1. The van der Waals surface area contributed by atoms with Gasteiger partial charge < -0.3 is 0 Å². The van der Waals surface area contributed by atoms with Crippen molar-refractivity contribution in [2.75, 3.05) is 0 Å². The molecule has 0 spiro atoms. The van der Waals surface area contributed by atoms with Crippen molar-refractivity contribution < 1.29 is 0 Å². The zero-order chi connectivity index (χ0) is 6.32. The summed E-state index contributed by atoms with van der Waals surface area (Å²) in [6.45, 7) is 0. The maximum absolute atomic E-state index is 6.02. The minimum absolute atomic E-state index is 0.110. The molecule has 0 saturated heterocycles. The van der Waals surface area contributed by atoms with E-state index in [0.717, 1.165) is 17.8 Å². The van der Waals surface area contributed by atoms with Gasteiger partial charge in [0.1, 0.15) is 10.5 Å². The van der Waals surface area contributed by atoms with Crippen LogP contribution in [0.1, 0.15) is 17.8 Å². The molecule has 1 aromatic rings. The van der Waals surface area contributed by atoms with Crippen LogP contribution in [0.15, 0.2) is 5.51 Å². The summed E-state index contributed by atoms with van der Waals surface area (Å²) in [5.74, 6) is 0. The molecule has 1 aliphatic carbocycles. The van der Waals surface area contributed by atoms with Crippen LogP contribution >= 0.6 is 22.9 Å². The number of alkyl halides is 1. The Hall–Kier alpha value is -0.150. The SMILES string of the molecule is ClC1(c2nncs2)CC1. The van der Waals surface area contributed by atoms with E-state index in [0.29, 0.717) is 0 Å². The molecule has 0 bridgehead atoms. The predicted molar refractivity (Wildman–Crippen MR) is 36.7 cm³/mol. The van der Waals surface area contributed by atoms with Crippen LogP contribution in [0.5, 0.6) is 0 Å². The van der Waals surface area contributed by atoms with Gasteiger partial charge in [-0.15, -0.1) is 33.1 Å². The van der Waals surface area contributed by atoms with E-state index in [4.69, 9.17) is 11.6 Å². The van der Waals surface area contributed by atoms with Crippen LogP contribution in [0.2, 0.25) is 0 Å². The highest BCUT2D eigenvalue weighted by Crippen LogP contribution is 2.52. The summed E-state index contributed by atoms with van der Waals surface area (Å²) in [5, 5.41) is 8.58. The zero-order valence-electron chi connectivity index (χ0n) is 4.67. The molecule has 0 unspecified atom stereocenters. The largest absolute Gasteiger partial charge is 0.147 e. The van der Waals surface area contributed by atoms with Gasteiger partial charge in [0.15, 0.2) is 0 Å². The lowest BCUT2D eigenvalue weighted by Gasteiger charge is -1.94. The van der Waals surface area contributed by atoms with Gasteiger partial charge in [0.25, 0.3) is 0 Å². The Morgan fingerprint density at radius 2 is 2.44 bits per heavy atom. The second kappa shape index (κ2) is 1.67. The summed E-state index contributed by atoms with van der Waals surface area (Å²) in [4.78, 5) is -0.110. The molecule has 2 rings (SSSR count). The second-order valence-electron chi connectivity index (χ2n) is 2.21. The molecule has 0 amide bonds. The second-order valence-corrected chi connectivity index (χ2v) is 3.77. The maximum atomic E-state index is 6.02. The summed E-state index contributed by atoms with van der Waals surface area (Å²) in [6, 6.07) is 0. The van der Waals surface area contributed by atoms with Crippen molar-refractivity contribution in [2.24, 2.45) is 0 Å². The van der Waals surface area contributed by atoms with Crippen molar-refractivity contribution in [3.63, 3.8) is 0 Å². The standard InChI is InChI=1S/C5H5ClN2S/c6-5(1-2-5)4-8-7-3-9-4/h3H,1-2H2. The fourth-order valence-corrected chi connectivity index (χ4v) is 1.66. The van der Waals surface area contributed by atoms with Gasteiger partial charge >= 0.3 is 0 Å². The Morgan fingerprint density at radius 3 is 2.89 bits per heavy atom. The van der Waals surface area contributed by atoms with Crippen LogP contribution in [-0.4, -0.2) is 10.2 Å². The molecule has 0 atom stereocenters. The molecule has 48 valence electrons. The van der Waals surface area contributed by atoms with Gasteiger partial charge in [-0.1, -0.05) is 0 Å². The normalized spacial score (nSPS) is 21.9. The summed E-state index contributed by atoms with van der Waals surface area (Å²) in [5.41, 5.74) is 1.72. The monoisotopic (exact) mass is 160 g/mol. The van der Waals surface area contributed by atoms with Crippen LogP contribution in [0.4, 0.5) is 0 Å². The summed E-state index contributed by atoms with van der Waals surface area (Å²) < 4.78 is 0. The van der Waals surface area contributed by atoms with Crippen molar-refractivity contribution in [3.05, 3.63) is 10.5 Å². The highest BCUT2D eigenvalue weighted by atomic mass is 35.5. The molecule has 2 nitrogen and oxygen atoms in total. The lowest BCUT2D eigenvalue weighted by molar-refractivity contribution is 0.919. The highest BCUT2D eigenvalue weighted by Gasteiger charge is 2.45. The lowest BCUT2D eigenvalue weighted by atomic mass is 10.4. The first-order chi connectivity index (χ1) is 4.31.